The van der Waals surface area contributed by atoms with Crippen molar-refractivity contribution in [2.45, 2.75) is 19.9 Å². The van der Waals surface area contributed by atoms with E-state index in [2.05, 4.69) is 37.7 Å². The van der Waals surface area contributed by atoms with Gasteiger partial charge in [-0.05, 0) is 7.05 Å². The predicted molar refractivity (Wildman–Crippen MR) is 50.8 cm³/mol. The minimum Gasteiger partial charge on any atom is -0.313 e. The molecule has 0 aromatic rings. The molecule has 0 saturated carbocycles. The van der Waals surface area contributed by atoms with Crippen molar-refractivity contribution >= 4 is 0 Å². The van der Waals surface area contributed by atoms with Crippen molar-refractivity contribution in [3.8, 4) is 0 Å². The number of nitrogens with one attached hydrogen (secondary N) is 1. The fourth-order valence-corrected chi connectivity index (χ4v) is 0.856. The number of rotatable bonds is 6. The van der Waals surface area contributed by atoms with Gasteiger partial charge in [-0.15, -0.1) is 6.58 Å². The average Bonchev–Trinajstić information content (AvgIpc) is 1.87. The Morgan fingerprint density at radius 2 is 2.18 bits per heavy atom. The van der Waals surface area contributed by atoms with Gasteiger partial charge in [0.1, 0.15) is 0 Å². The van der Waals surface area contributed by atoms with Gasteiger partial charge in [-0.1, -0.05) is 19.9 Å². The highest BCUT2D eigenvalue weighted by Gasteiger charge is 1.95. The first-order valence-corrected chi connectivity index (χ1v) is 4.19. The van der Waals surface area contributed by atoms with E-state index in [9.17, 15) is 0 Å². The SMILES string of the molecule is C=CCN(C)CCNC(C)C. The third-order valence-corrected chi connectivity index (χ3v) is 1.49. The molecule has 11 heavy (non-hydrogen) atoms. The van der Waals surface area contributed by atoms with Crippen LogP contribution in [0.1, 0.15) is 13.8 Å². The standard InChI is InChI=1S/C9H20N2/c1-5-7-11(4)8-6-10-9(2)3/h5,9-10H,1,6-8H2,2-4H3. The molecule has 0 fully saturated rings. The number of hydrogen-bond donors (Lipinski definition) is 1. The van der Waals surface area contributed by atoms with Gasteiger partial charge in [0.05, 0.1) is 0 Å². The lowest BCUT2D eigenvalue weighted by Crippen LogP contribution is -2.32. The summed E-state index contributed by atoms with van der Waals surface area (Å²) in [5.74, 6) is 0. The molecule has 0 saturated heterocycles. The quantitative estimate of drug-likeness (QED) is 0.579. The van der Waals surface area contributed by atoms with Gasteiger partial charge in [0.2, 0.25) is 0 Å². The molecular weight excluding hydrogens is 136 g/mol. The molecule has 0 atom stereocenters. The van der Waals surface area contributed by atoms with Gasteiger partial charge in [0, 0.05) is 25.7 Å². The van der Waals surface area contributed by atoms with Crippen LogP contribution in [0.4, 0.5) is 0 Å². The highest BCUT2D eigenvalue weighted by Crippen LogP contribution is 1.81. The highest BCUT2D eigenvalue weighted by molar-refractivity contribution is 4.71. The molecule has 0 rings (SSSR count). The third kappa shape index (κ3) is 7.56. The van der Waals surface area contributed by atoms with Gasteiger partial charge in [-0.2, -0.15) is 0 Å². The van der Waals surface area contributed by atoms with Crippen LogP contribution in [0.25, 0.3) is 0 Å². The van der Waals surface area contributed by atoms with Gasteiger partial charge in [0.15, 0.2) is 0 Å². The molecule has 0 unspecified atom stereocenters. The zero-order valence-corrected chi connectivity index (χ0v) is 7.93. The Kier molecular flexibility index (Phi) is 6.18. The molecule has 2 heteroatoms. The van der Waals surface area contributed by atoms with Crippen molar-refractivity contribution < 1.29 is 0 Å². The van der Waals surface area contributed by atoms with Gasteiger partial charge in [-0.25, -0.2) is 0 Å². The van der Waals surface area contributed by atoms with Crippen LogP contribution in [0.5, 0.6) is 0 Å². The van der Waals surface area contributed by atoms with E-state index in [1.807, 2.05) is 6.08 Å². The summed E-state index contributed by atoms with van der Waals surface area (Å²) < 4.78 is 0. The van der Waals surface area contributed by atoms with Crippen LogP contribution < -0.4 is 5.32 Å². The molecule has 0 aliphatic heterocycles. The Morgan fingerprint density at radius 3 is 2.64 bits per heavy atom. The minimum absolute atomic E-state index is 0.590. The second kappa shape index (κ2) is 6.38. The molecule has 0 bridgehead atoms. The predicted octanol–water partition coefficient (Wildman–Crippen LogP) is 1.10. The smallest absolute Gasteiger partial charge is 0.0158 e. The highest BCUT2D eigenvalue weighted by atomic mass is 15.1. The summed E-state index contributed by atoms with van der Waals surface area (Å²) in [6.45, 7) is 11.1. The van der Waals surface area contributed by atoms with Crippen LogP contribution in [0.15, 0.2) is 12.7 Å². The summed E-state index contributed by atoms with van der Waals surface area (Å²) in [5, 5.41) is 3.36. The zero-order valence-electron chi connectivity index (χ0n) is 7.93. The molecule has 0 aromatic carbocycles. The molecule has 0 spiro atoms. The van der Waals surface area contributed by atoms with E-state index in [1.54, 1.807) is 0 Å². The maximum Gasteiger partial charge on any atom is 0.0158 e. The number of hydrogen-bond acceptors (Lipinski definition) is 2. The summed E-state index contributed by atoms with van der Waals surface area (Å²) >= 11 is 0. The minimum atomic E-state index is 0.590. The number of likely N-dealkylation sites (N-methyl/N-ethyl adjacent to an activating group) is 1. The maximum atomic E-state index is 3.68. The molecule has 0 heterocycles. The molecule has 1 N–H and O–H groups in total. The first-order valence-electron chi connectivity index (χ1n) is 4.19. The van der Waals surface area contributed by atoms with Crippen molar-refractivity contribution in [1.82, 2.24) is 10.2 Å². The lowest BCUT2D eigenvalue weighted by atomic mass is 10.4. The summed E-state index contributed by atoms with van der Waals surface area (Å²) in [7, 11) is 2.10. The van der Waals surface area contributed by atoms with E-state index in [1.165, 1.54) is 0 Å². The van der Waals surface area contributed by atoms with Crippen LogP contribution >= 0.6 is 0 Å². The van der Waals surface area contributed by atoms with Crippen molar-refractivity contribution in [3.63, 3.8) is 0 Å². The molecule has 2 nitrogen and oxygen atoms in total. The molecular formula is C9H20N2. The topological polar surface area (TPSA) is 15.3 Å². The van der Waals surface area contributed by atoms with E-state index < -0.39 is 0 Å². The summed E-state index contributed by atoms with van der Waals surface area (Å²) in [6, 6.07) is 0.590. The summed E-state index contributed by atoms with van der Waals surface area (Å²) in [5.41, 5.74) is 0. The summed E-state index contributed by atoms with van der Waals surface area (Å²) in [4.78, 5) is 2.24. The van der Waals surface area contributed by atoms with Crippen molar-refractivity contribution in [1.29, 1.82) is 0 Å². The Bertz CT molecular complexity index is 99.7. The van der Waals surface area contributed by atoms with Gasteiger partial charge in [0.25, 0.3) is 0 Å². The monoisotopic (exact) mass is 156 g/mol. The fourth-order valence-electron chi connectivity index (χ4n) is 0.856. The summed E-state index contributed by atoms with van der Waals surface area (Å²) in [6.07, 6.45) is 1.93. The first-order chi connectivity index (χ1) is 5.16. The van der Waals surface area contributed by atoms with E-state index in [0.29, 0.717) is 6.04 Å². The van der Waals surface area contributed by atoms with E-state index >= 15 is 0 Å². The van der Waals surface area contributed by atoms with Crippen LogP contribution in [-0.2, 0) is 0 Å². The second-order valence-corrected chi connectivity index (χ2v) is 3.16. The van der Waals surface area contributed by atoms with Crippen LogP contribution in [0.3, 0.4) is 0 Å². The second-order valence-electron chi connectivity index (χ2n) is 3.16. The van der Waals surface area contributed by atoms with Crippen molar-refractivity contribution in [2.24, 2.45) is 0 Å². The largest absolute Gasteiger partial charge is 0.313 e. The van der Waals surface area contributed by atoms with E-state index in [-0.39, 0.29) is 0 Å². The Morgan fingerprint density at radius 1 is 1.55 bits per heavy atom. The third-order valence-electron chi connectivity index (χ3n) is 1.49. The van der Waals surface area contributed by atoms with Crippen molar-refractivity contribution in [2.75, 3.05) is 26.7 Å². The van der Waals surface area contributed by atoms with Gasteiger partial charge in [-0.3, -0.25) is 0 Å². The molecule has 0 radical (unpaired) electrons. The lowest BCUT2D eigenvalue weighted by Gasteiger charge is -2.15. The van der Waals surface area contributed by atoms with E-state index in [0.717, 1.165) is 19.6 Å². The fraction of sp³-hybridized carbons (Fsp3) is 0.778. The number of nitrogens with zero attached hydrogens (tertiary/aromatic N) is 1. The van der Waals surface area contributed by atoms with Gasteiger partial charge >= 0.3 is 0 Å². The van der Waals surface area contributed by atoms with Crippen LogP contribution in [0, 0.1) is 0 Å². The van der Waals surface area contributed by atoms with Crippen molar-refractivity contribution in [3.05, 3.63) is 12.7 Å². The normalized spacial score (nSPS) is 11.0. The Hall–Kier alpha value is -0.340. The van der Waals surface area contributed by atoms with Gasteiger partial charge < -0.3 is 10.2 Å². The average molecular weight is 156 g/mol. The molecule has 0 amide bonds. The molecule has 0 aliphatic rings. The van der Waals surface area contributed by atoms with Crippen LogP contribution in [-0.4, -0.2) is 37.6 Å². The Balaban J connectivity index is 3.16. The zero-order chi connectivity index (χ0) is 8.69. The van der Waals surface area contributed by atoms with E-state index in [4.69, 9.17) is 0 Å². The maximum absolute atomic E-state index is 3.68. The Labute approximate surface area is 70.3 Å². The molecule has 0 aromatic heterocycles. The molecule has 0 aliphatic carbocycles. The first kappa shape index (κ1) is 10.7. The molecule has 66 valence electrons. The van der Waals surface area contributed by atoms with Crippen LogP contribution in [0.2, 0.25) is 0 Å². The lowest BCUT2D eigenvalue weighted by molar-refractivity contribution is 0.359.